The summed E-state index contributed by atoms with van der Waals surface area (Å²) >= 11 is 6.72. The molecule has 0 saturated heterocycles. The minimum absolute atomic E-state index is 0.0917. The summed E-state index contributed by atoms with van der Waals surface area (Å²) in [5.41, 5.74) is 2.54. The smallest absolute Gasteiger partial charge is 0.308 e. The number of sulfonamides is 1. The number of halogens is 1. The lowest BCUT2D eigenvalue weighted by molar-refractivity contribution is 0.111. The minimum Gasteiger partial charge on any atom is -0.437 e. The van der Waals surface area contributed by atoms with Crippen molar-refractivity contribution in [1.82, 2.24) is 14.4 Å². The molecule has 0 aliphatic rings. The molecule has 5 aromatic rings. The molecule has 0 amide bonds. The molecule has 0 bridgehead atoms. The van der Waals surface area contributed by atoms with E-state index in [0.717, 1.165) is 5.56 Å². The molecule has 0 aliphatic heterocycles. The van der Waals surface area contributed by atoms with Gasteiger partial charge >= 0.3 is 6.26 Å². The van der Waals surface area contributed by atoms with Crippen molar-refractivity contribution in [3.63, 3.8) is 0 Å². The first-order valence-corrected chi connectivity index (χ1v) is 14.1. The number of nitriles is 1. The number of aldehydes is 1. The van der Waals surface area contributed by atoms with E-state index in [9.17, 15) is 13.2 Å². The van der Waals surface area contributed by atoms with E-state index in [-0.39, 0.29) is 23.0 Å². The molecule has 9 nitrogen and oxygen atoms in total. The number of rotatable bonds is 10. The average Bonchev–Trinajstić information content (AvgIpc) is 3.34. The Bertz CT molecular complexity index is 1850. The van der Waals surface area contributed by atoms with Gasteiger partial charge in [0.05, 0.1) is 11.4 Å². The highest BCUT2D eigenvalue weighted by molar-refractivity contribution is 7.89. The van der Waals surface area contributed by atoms with Crippen molar-refractivity contribution in [3.05, 3.63) is 119 Å². The van der Waals surface area contributed by atoms with Gasteiger partial charge in [-0.25, -0.2) is 8.42 Å². The SMILES string of the molecule is N#CONS(=O)(=O)c1ccccc1-c1ccc(Cn2c(-c3ccccc3)nc(Oc3ccccc3)c2C=O)c(Cl)c1. The molecule has 41 heavy (non-hydrogen) atoms. The molecule has 1 N–H and O–H groups in total. The van der Waals surface area contributed by atoms with Gasteiger partial charge in [0.25, 0.3) is 10.0 Å². The molecule has 0 atom stereocenters. The summed E-state index contributed by atoms with van der Waals surface area (Å²) in [6.07, 6.45) is 1.97. The highest BCUT2D eigenvalue weighted by atomic mass is 35.5. The third-order valence-corrected chi connectivity index (χ3v) is 7.73. The van der Waals surface area contributed by atoms with Crippen LogP contribution in [-0.2, 0) is 21.4 Å². The fourth-order valence-electron chi connectivity index (χ4n) is 4.27. The van der Waals surface area contributed by atoms with Gasteiger partial charge in [0.2, 0.25) is 5.88 Å². The van der Waals surface area contributed by atoms with Gasteiger partial charge in [-0.05, 0) is 40.3 Å². The van der Waals surface area contributed by atoms with Crippen molar-refractivity contribution < 1.29 is 22.8 Å². The highest BCUT2D eigenvalue weighted by Crippen LogP contribution is 2.34. The standard InChI is InChI=1S/C30H21ClN4O5S/c31-26-17-22(25-13-7-8-14-28(25)41(37,38)34-39-20-32)15-16-23(26)18-35-27(19-36)30(40-24-11-5-2-6-12-24)33-29(35)21-9-3-1-4-10-21/h1-17,19,34H,18H2. The van der Waals surface area contributed by atoms with Crippen LogP contribution in [0.15, 0.2) is 108 Å². The zero-order chi connectivity index (χ0) is 28.8. The summed E-state index contributed by atoms with van der Waals surface area (Å²) < 4.78 is 33.1. The summed E-state index contributed by atoms with van der Waals surface area (Å²) in [7, 11) is -4.14. The van der Waals surface area contributed by atoms with Crippen molar-refractivity contribution in [3.8, 4) is 40.4 Å². The maximum atomic E-state index is 12.7. The summed E-state index contributed by atoms with van der Waals surface area (Å²) in [5.74, 6) is 1.20. The Kier molecular flexibility index (Phi) is 8.12. The minimum atomic E-state index is -4.14. The van der Waals surface area contributed by atoms with E-state index in [1.165, 1.54) is 12.3 Å². The Labute approximate surface area is 241 Å². The lowest BCUT2D eigenvalue weighted by Crippen LogP contribution is -2.22. The average molecular weight is 585 g/mol. The van der Waals surface area contributed by atoms with Crippen LogP contribution in [0.4, 0.5) is 0 Å². The van der Waals surface area contributed by atoms with Crippen LogP contribution in [-0.4, -0.2) is 24.3 Å². The van der Waals surface area contributed by atoms with E-state index in [4.69, 9.17) is 21.6 Å². The number of nitrogens with one attached hydrogen (secondary N) is 1. The summed E-state index contributed by atoms with van der Waals surface area (Å²) in [6.45, 7) is 0.181. The van der Waals surface area contributed by atoms with Crippen LogP contribution in [0.1, 0.15) is 16.1 Å². The molecule has 0 aliphatic carbocycles. The molecule has 1 heterocycles. The number of carbonyl (C=O) groups is 1. The first kappa shape index (κ1) is 27.6. The van der Waals surface area contributed by atoms with Crippen LogP contribution in [0.5, 0.6) is 11.6 Å². The first-order chi connectivity index (χ1) is 19.9. The number of hydrogen-bond acceptors (Lipinski definition) is 7. The van der Waals surface area contributed by atoms with Crippen molar-refractivity contribution in [2.75, 3.05) is 0 Å². The number of benzene rings is 4. The van der Waals surface area contributed by atoms with Gasteiger partial charge in [-0.1, -0.05) is 90.5 Å². The molecule has 11 heteroatoms. The lowest BCUT2D eigenvalue weighted by atomic mass is 10.0. The van der Waals surface area contributed by atoms with Gasteiger partial charge in [0.1, 0.15) is 17.3 Å². The van der Waals surface area contributed by atoms with Crippen LogP contribution in [0.2, 0.25) is 5.02 Å². The molecular weight excluding hydrogens is 564 g/mol. The second kappa shape index (κ2) is 12.1. The zero-order valence-electron chi connectivity index (χ0n) is 21.3. The topological polar surface area (TPSA) is 123 Å². The molecule has 0 unspecified atom stereocenters. The predicted molar refractivity (Wildman–Crippen MR) is 153 cm³/mol. The van der Waals surface area contributed by atoms with Crippen LogP contribution < -0.4 is 9.62 Å². The van der Waals surface area contributed by atoms with Gasteiger partial charge in [-0.2, -0.15) is 4.98 Å². The van der Waals surface area contributed by atoms with Crippen molar-refractivity contribution in [2.45, 2.75) is 11.4 Å². The molecule has 4 aromatic carbocycles. The maximum Gasteiger partial charge on any atom is 0.308 e. The Hall–Kier alpha value is -4.95. The van der Waals surface area contributed by atoms with Gasteiger partial charge in [0.15, 0.2) is 6.29 Å². The Morgan fingerprint density at radius 2 is 1.61 bits per heavy atom. The summed E-state index contributed by atoms with van der Waals surface area (Å²) in [6, 6.07) is 29.8. The largest absolute Gasteiger partial charge is 0.437 e. The van der Waals surface area contributed by atoms with E-state index >= 15 is 0 Å². The molecule has 5 rings (SSSR count). The summed E-state index contributed by atoms with van der Waals surface area (Å²) in [5, 5.41) is 8.94. The zero-order valence-corrected chi connectivity index (χ0v) is 22.8. The predicted octanol–water partition coefficient (Wildman–Crippen LogP) is 6.21. The molecular formula is C30H21ClN4O5S. The van der Waals surface area contributed by atoms with E-state index < -0.39 is 10.0 Å². The van der Waals surface area contributed by atoms with Gasteiger partial charge in [-0.3, -0.25) is 4.79 Å². The maximum absolute atomic E-state index is 12.7. The number of nitrogens with zero attached hydrogens (tertiary/aromatic N) is 3. The first-order valence-electron chi connectivity index (χ1n) is 12.2. The van der Waals surface area contributed by atoms with Gasteiger partial charge < -0.3 is 14.1 Å². The normalized spacial score (nSPS) is 11.0. The van der Waals surface area contributed by atoms with Crippen LogP contribution in [0.25, 0.3) is 22.5 Å². The Morgan fingerprint density at radius 3 is 2.29 bits per heavy atom. The summed E-state index contributed by atoms with van der Waals surface area (Å²) in [4.78, 5) is 22.9. The molecule has 0 saturated carbocycles. The van der Waals surface area contributed by atoms with E-state index in [1.807, 2.05) is 48.5 Å². The third kappa shape index (κ3) is 5.97. The quantitative estimate of drug-likeness (QED) is 0.117. The second-order valence-corrected chi connectivity index (χ2v) is 10.7. The van der Waals surface area contributed by atoms with Crippen molar-refractivity contribution in [2.24, 2.45) is 0 Å². The molecule has 0 radical (unpaired) electrons. The fraction of sp³-hybridized carbons (Fsp3) is 0.0333. The van der Waals surface area contributed by atoms with Crippen molar-refractivity contribution in [1.29, 1.82) is 5.26 Å². The van der Waals surface area contributed by atoms with Crippen LogP contribution >= 0.6 is 11.6 Å². The van der Waals surface area contributed by atoms with Crippen LogP contribution in [0, 0.1) is 11.5 Å². The highest BCUT2D eigenvalue weighted by Gasteiger charge is 2.23. The molecule has 204 valence electrons. The number of hydrogen-bond donors (Lipinski definition) is 1. The Morgan fingerprint density at radius 1 is 0.927 bits per heavy atom. The molecule has 0 spiro atoms. The number of aromatic nitrogens is 2. The number of imidazole rings is 1. The van der Waals surface area contributed by atoms with Crippen molar-refractivity contribution >= 4 is 27.9 Å². The third-order valence-electron chi connectivity index (χ3n) is 6.14. The lowest BCUT2D eigenvalue weighted by Gasteiger charge is -2.14. The number of para-hydroxylation sites is 1. The fourth-order valence-corrected chi connectivity index (χ4v) is 5.48. The second-order valence-electron chi connectivity index (χ2n) is 8.69. The van der Waals surface area contributed by atoms with E-state index in [1.54, 1.807) is 58.0 Å². The monoisotopic (exact) mass is 584 g/mol. The Balaban J connectivity index is 1.55. The number of ether oxygens (including phenoxy) is 1. The van der Waals surface area contributed by atoms with Crippen LogP contribution in [0.3, 0.4) is 0 Å². The van der Waals surface area contributed by atoms with E-state index in [2.05, 4.69) is 9.82 Å². The van der Waals surface area contributed by atoms with Gasteiger partial charge in [0, 0.05) is 16.1 Å². The number of carbonyl (C=O) groups excluding carboxylic acids is 1. The van der Waals surface area contributed by atoms with E-state index in [0.29, 0.717) is 39.6 Å². The molecule has 0 fully saturated rings. The molecule has 1 aromatic heterocycles. The van der Waals surface area contributed by atoms with Gasteiger partial charge in [-0.15, -0.1) is 5.26 Å².